The van der Waals surface area contributed by atoms with Crippen LogP contribution in [0.3, 0.4) is 0 Å². The Morgan fingerprint density at radius 1 is 1.29 bits per heavy atom. The summed E-state index contributed by atoms with van der Waals surface area (Å²) >= 11 is 9.66. The van der Waals surface area contributed by atoms with Crippen molar-refractivity contribution in [2.75, 3.05) is 6.61 Å². The van der Waals surface area contributed by atoms with Crippen molar-refractivity contribution in [3.05, 3.63) is 75.5 Å². The van der Waals surface area contributed by atoms with E-state index in [0.717, 1.165) is 20.9 Å². The Hall–Kier alpha value is -3.23. The summed E-state index contributed by atoms with van der Waals surface area (Å²) in [4.78, 5) is 16.6. The second kappa shape index (κ2) is 9.28. The average Bonchev–Trinajstić information content (AvgIpc) is 3.29. The Morgan fingerprint density at radius 3 is 2.97 bits per heavy atom. The summed E-state index contributed by atoms with van der Waals surface area (Å²) in [5, 5.41) is 8.92. The number of aryl methyl sites for hydroxylation is 1. The first-order chi connectivity index (χ1) is 15.0. The maximum Gasteiger partial charge on any atom is 0.277 e. The highest BCUT2D eigenvalue weighted by molar-refractivity contribution is 9.10. The van der Waals surface area contributed by atoms with Crippen LogP contribution in [0, 0.1) is 6.92 Å². The molecule has 0 unspecified atom stereocenters. The van der Waals surface area contributed by atoms with Gasteiger partial charge in [-0.15, -0.1) is 0 Å². The smallest absolute Gasteiger partial charge is 0.277 e. The fraction of sp³-hybridized carbons (Fsp3) is 0.0909. The van der Waals surface area contributed by atoms with E-state index in [4.69, 9.17) is 20.9 Å². The van der Waals surface area contributed by atoms with E-state index in [1.165, 1.54) is 12.4 Å². The number of hydrogen-bond donors (Lipinski definition) is 1. The lowest BCUT2D eigenvalue weighted by atomic mass is 10.1. The van der Waals surface area contributed by atoms with Gasteiger partial charge in [0.1, 0.15) is 10.9 Å². The quantitative estimate of drug-likeness (QED) is 0.225. The number of carbonyl (C=O) groups is 1. The number of fused-ring (bicyclic) bond motifs is 1. The molecule has 9 heteroatoms. The number of hydrazone groups is 1. The van der Waals surface area contributed by atoms with Crippen molar-refractivity contribution < 1.29 is 14.1 Å². The van der Waals surface area contributed by atoms with Crippen LogP contribution in [-0.2, 0) is 4.79 Å². The highest BCUT2D eigenvalue weighted by atomic mass is 79.9. The number of nitrogens with zero attached hydrogens (tertiary/aromatic N) is 3. The van der Waals surface area contributed by atoms with Crippen molar-refractivity contribution in [3.63, 3.8) is 0 Å². The summed E-state index contributed by atoms with van der Waals surface area (Å²) in [6.45, 7) is 1.74. The van der Waals surface area contributed by atoms with Gasteiger partial charge in [-0.3, -0.25) is 4.79 Å². The van der Waals surface area contributed by atoms with Crippen LogP contribution in [-0.4, -0.2) is 28.9 Å². The number of benzene rings is 2. The molecule has 0 fully saturated rings. The van der Waals surface area contributed by atoms with Crippen LogP contribution in [0.2, 0.25) is 5.15 Å². The predicted octanol–water partition coefficient (Wildman–Crippen LogP) is 5.14. The minimum Gasteiger partial charge on any atom is -0.483 e. The van der Waals surface area contributed by atoms with Gasteiger partial charge in [-0.2, -0.15) is 5.10 Å². The summed E-state index contributed by atoms with van der Waals surface area (Å²) in [6, 6.07) is 14.8. The molecule has 0 atom stereocenters. The number of hydrogen-bond acceptors (Lipinski definition) is 6. The van der Waals surface area contributed by atoms with Crippen LogP contribution < -0.4 is 10.2 Å². The molecule has 7 nitrogen and oxygen atoms in total. The van der Waals surface area contributed by atoms with E-state index >= 15 is 0 Å². The van der Waals surface area contributed by atoms with Crippen LogP contribution in [0.5, 0.6) is 5.75 Å². The van der Waals surface area contributed by atoms with Crippen molar-refractivity contribution in [1.82, 2.24) is 15.6 Å². The number of amides is 1. The Morgan fingerprint density at radius 2 is 2.16 bits per heavy atom. The minimum atomic E-state index is -0.427. The first kappa shape index (κ1) is 21.0. The Bertz CT molecular complexity index is 1280. The molecule has 0 aliphatic carbocycles. The van der Waals surface area contributed by atoms with Crippen LogP contribution >= 0.6 is 27.5 Å². The summed E-state index contributed by atoms with van der Waals surface area (Å²) in [5.74, 6) is 0.586. The molecule has 2 aromatic heterocycles. The number of rotatable bonds is 6. The standard InChI is InChI=1S/C22H16BrClN4O3/c1-13-3-2-4-14-9-15(22(24)27-21(13)14)11-25-28-20(29)12-30-18-6-5-16(23)10-17(18)19-7-8-26-31-19/h2-11H,12H2,1H3,(H,28,29)/b25-11+. The fourth-order valence-electron chi connectivity index (χ4n) is 2.96. The molecule has 156 valence electrons. The van der Waals surface area contributed by atoms with Crippen molar-refractivity contribution in [1.29, 1.82) is 0 Å². The van der Waals surface area contributed by atoms with E-state index < -0.39 is 5.91 Å². The molecule has 0 aliphatic rings. The molecule has 4 aromatic rings. The van der Waals surface area contributed by atoms with Gasteiger partial charge in [0.05, 0.1) is 23.5 Å². The zero-order valence-electron chi connectivity index (χ0n) is 16.3. The molecule has 0 spiro atoms. The Labute approximate surface area is 191 Å². The SMILES string of the molecule is Cc1cccc2cc(/C=N/NC(=O)COc3ccc(Br)cc3-c3ccno3)c(Cl)nc12. The maximum absolute atomic E-state index is 12.2. The minimum absolute atomic E-state index is 0.233. The number of nitrogens with one attached hydrogen (secondary N) is 1. The van der Waals surface area contributed by atoms with Crippen LogP contribution in [0.1, 0.15) is 11.1 Å². The predicted molar refractivity (Wildman–Crippen MR) is 122 cm³/mol. The van der Waals surface area contributed by atoms with E-state index in [9.17, 15) is 4.79 Å². The van der Waals surface area contributed by atoms with Gasteiger partial charge >= 0.3 is 0 Å². The second-order valence-electron chi connectivity index (χ2n) is 6.61. The van der Waals surface area contributed by atoms with Gasteiger partial charge in [-0.1, -0.05) is 50.9 Å². The molecule has 0 saturated carbocycles. The third kappa shape index (κ3) is 4.92. The summed E-state index contributed by atoms with van der Waals surface area (Å²) < 4.78 is 11.7. The van der Waals surface area contributed by atoms with Crippen molar-refractivity contribution in [3.8, 4) is 17.1 Å². The molecule has 2 aromatic carbocycles. The topological polar surface area (TPSA) is 89.6 Å². The summed E-state index contributed by atoms with van der Waals surface area (Å²) in [7, 11) is 0. The highest BCUT2D eigenvalue weighted by Gasteiger charge is 2.12. The molecule has 0 saturated heterocycles. The largest absolute Gasteiger partial charge is 0.483 e. The zero-order chi connectivity index (χ0) is 21.8. The van der Waals surface area contributed by atoms with Gasteiger partial charge in [0.25, 0.3) is 5.91 Å². The fourth-order valence-corrected chi connectivity index (χ4v) is 3.50. The van der Waals surface area contributed by atoms with Gasteiger partial charge in [-0.25, -0.2) is 10.4 Å². The first-order valence-corrected chi connectivity index (χ1v) is 10.4. The van der Waals surface area contributed by atoms with Gasteiger partial charge in [0, 0.05) is 21.5 Å². The Kier molecular flexibility index (Phi) is 6.29. The molecule has 1 amide bonds. The molecule has 4 rings (SSSR count). The molecule has 31 heavy (non-hydrogen) atoms. The number of carbonyl (C=O) groups excluding carboxylic acids is 1. The van der Waals surface area contributed by atoms with E-state index in [2.05, 4.69) is 36.6 Å². The van der Waals surface area contributed by atoms with Gasteiger partial charge in [0.15, 0.2) is 12.4 Å². The normalized spacial score (nSPS) is 11.2. The number of para-hydroxylation sites is 1. The number of ether oxygens (including phenoxy) is 1. The first-order valence-electron chi connectivity index (χ1n) is 9.22. The second-order valence-corrected chi connectivity index (χ2v) is 7.89. The third-order valence-corrected chi connectivity index (χ3v) is 5.22. The monoisotopic (exact) mass is 498 g/mol. The van der Waals surface area contributed by atoms with Gasteiger partial charge < -0.3 is 9.26 Å². The molecule has 0 bridgehead atoms. The maximum atomic E-state index is 12.2. The van der Waals surface area contributed by atoms with Gasteiger partial charge in [0.2, 0.25) is 0 Å². The molecule has 0 radical (unpaired) electrons. The van der Waals surface area contributed by atoms with Crippen LogP contribution in [0.25, 0.3) is 22.2 Å². The molecule has 2 heterocycles. The lowest BCUT2D eigenvalue weighted by molar-refractivity contribution is -0.123. The molecule has 1 N–H and O–H groups in total. The number of aromatic nitrogens is 2. The molecular weight excluding hydrogens is 484 g/mol. The van der Waals surface area contributed by atoms with E-state index in [1.807, 2.05) is 43.3 Å². The lowest BCUT2D eigenvalue weighted by Gasteiger charge is -2.09. The van der Waals surface area contributed by atoms with Crippen molar-refractivity contribution >= 4 is 50.6 Å². The van der Waals surface area contributed by atoms with Gasteiger partial charge in [-0.05, 0) is 36.8 Å². The lowest BCUT2D eigenvalue weighted by Crippen LogP contribution is -2.24. The van der Waals surface area contributed by atoms with E-state index in [0.29, 0.717) is 27.8 Å². The summed E-state index contributed by atoms with van der Waals surface area (Å²) in [5.41, 5.74) is 5.57. The molecule has 0 aliphatic heterocycles. The molecular formula is C22H16BrClN4O3. The zero-order valence-corrected chi connectivity index (χ0v) is 18.6. The third-order valence-electron chi connectivity index (χ3n) is 4.42. The van der Waals surface area contributed by atoms with Crippen molar-refractivity contribution in [2.45, 2.75) is 6.92 Å². The number of pyridine rings is 1. The Balaban J connectivity index is 1.41. The number of halogens is 2. The summed E-state index contributed by atoms with van der Waals surface area (Å²) in [6.07, 6.45) is 2.99. The van der Waals surface area contributed by atoms with Crippen molar-refractivity contribution in [2.24, 2.45) is 5.10 Å². The van der Waals surface area contributed by atoms with Crippen LogP contribution in [0.15, 0.2) is 68.8 Å². The highest BCUT2D eigenvalue weighted by Crippen LogP contribution is 2.32. The van der Waals surface area contributed by atoms with E-state index in [1.54, 1.807) is 12.1 Å². The van der Waals surface area contributed by atoms with E-state index in [-0.39, 0.29) is 6.61 Å². The van der Waals surface area contributed by atoms with Crippen LogP contribution in [0.4, 0.5) is 0 Å². The average molecular weight is 500 g/mol.